The van der Waals surface area contributed by atoms with Crippen molar-refractivity contribution in [3.05, 3.63) is 24.0 Å². The third kappa shape index (κ3) is 6.30. The third-order valence-electron chi connectivity index (χ3n) is 10.1. The molecule has 0 radical (unpaired) electrons. The minimum atomic E-state index is -1.17. The van der Waals surface area contributed by atoms with E-state index in [9.17, 15) is 15.0 Å². The Morgan fingerprint density at radius 3 is 2.40 bits per heavy atom. The van der Waals surface area contributed by atoms with Crippen molar-refractivity contribution in [1.82, 2.24) is 4.90 Å². The molecule has 3 saturated heterocycles. The number of esters is 1. The van der Waals surface area contributed by atoms with Gasteiger partial charge in [0.25, 0.3) is 0 Å². The number of ether oxygens (including phenoxy) is 6. The second-order valence-corrected chi connectivity index (χ2v) is 13.9. The van der Waals surface area contributed by atoms with Gasteiger partial charge in [0, 0.05) is 24.3 Å². The van der Waals surface area contributed by atoms with Gasteiger partial charge in [-0.2, -0.15) is 0 Å². The molecule has 10 heteroatoms. The highest BCUT2D eigenvalue weighted by atomic mass is 16.8. The number of allylic oxidation sites excluding steroid dienone is 1. The number of likely N-dealkylation sites (N-methyl/N-ethyl adjacent to an activating group) is 1. The maximum absolute atomic E-state index is 13.5. The number of cyclic esters (lactones) is 1. The largest absolute Gasteiger partial charge is 0.499 e. The lowest BCUT2D eigenvalue weighted by molar-refractivity contribution is -0.328. The maximum atomic E-state index is 13.5. The lowest BCUT2D eigenvalue weighted by atomic mass is 9.78. The van der Waals surface area contributed by atoms with Gasteiger partial charge in [0.15, 0.2) is 12.1 Å². The fraction of sp³-hybridized carbons (Fsp3) is 0.848. The standard InChI is InChI=1S/C33H55NO9/c1-12-25-31(8)17-23(14-19(4)38-13-2)33(42-31)18(3)16-32(9,43-33)28(21(6)26(35)22(7)29(37)40-25)41-30-27(36)24(34(10)11)15-20(5)39-30/h17-18,20-22,24-28,30,35-36H,4,12-16H2,1-3,5-11H3/t18-,20-,21+,22-,24+,25-,26+,27-,28-,30+,31?,32-,33?/m1/s1. The summed E-state index contributed by atoms with van der Waals surface area (Å²) in [4.78, 5) is 15.5. The van der Waals surface area contributed by atoms with Crippen LogP contribution in [0, 0.1) is 17.8 Å². The normalized spacial score (nSPS) is 47.0. The van der Waals surface area contributed by atoms with E-state index < -0.39 is 65.5 Å². The summed E-state index contributed by atoms with van der Waals surface area (Å²) in [5.41, 5.74) is -1.12. The Kier molecular flexibility index (Phi) is 10.1. The fourth-order valence-corrected chi connectivity index (χ4v) is 7.83. The Bertz CT molecular complexity index is 1060. The van der Waals surface area contributed by atoms with E-state index in [0.29, 0.717) is 38.0 Å². The monoisotopic (exact) mass is 609 g/mol. The van der Waals surface area contributed by atoms with Gasteiger partial charge in [-0.25, -0.2) is 0 Å². The molecule has 0 amide bonds. The summed E-state index contributed by atoms with van der Waals surface area (Å²) in [6, 6.07) is -0.180. The van der Waals surface area contributed by atoms with E-state index in [-0.39, 0.29) is 18.1 Å². The van der Waals surface area contributed by atoms with Gasteiger partial charge < -0.3 is 43.5 Å². The summed E-state index contributed by atoms with van der Waals surface area (Å²) in [6.07, 6.45) is -0.473. The third-order valence-corrected chi connectivity index (χ3v) is 10.1. The van der Waals surface area contributed by atoms with E-state index in [2.05, 4.69) is 13.5 Å². The van der Waals surface area contributed by atoms with Crippen molar-refractivity contribution in [3.63, 3.8) is 0 Å². The molecule has 3 fully saturated rings. The van der Waals surface area contributed by atoms with E-state index in [1.165, 1.54) is 0 Å². The molecule has 2 unspecified atom stereocenters. The van der Waals surface area contributed by atoms with Gasteiger partial charge in [0.1, 0.15) is 17.8 Å². The zero-order valence-corrected chi connectivity index (χ0v) is 27.8. The van der Waals surface area contributed by atoms with Crippen molar-refractivity contribution in [2.45, 2.75) is 141 Å². The van der Waals surface area contributed by atoms with Crippen LogP contribution in [0.2, 0.25) is 0 Å². The average Bonchev–Trinajstić information content (AvgIpc) is 3.36. The van der Waals surface area contributed by atoms with Crippen LogP contribution in [0.5, 0.6) is 0 Å². The number of fused-ring (bicyclic) bond motifs is 2. The Morgan fingerprint density at radius 1 is 1.12 bits per heavy atom. The number of aliphatic hydroxyl groups is 2. The highest BCUT2D eigenvalue weighted by molar-refractivity contribution is 5.73. The van der Waals surface area contributed by atoms with E-state index in [0.717, 1.165) is 5.57 Å². The maximum Gasteiger partial charge on any atom is 0.311 e. The molecule has 4 heterocycles. The fourth-order valence-electron chi connectivity index (χ4n) is 7.83. The van der Waals surface area contributed by atoms with Crippen LogP contribution in [-0.2, 0) is 33.2 Å². The van der Waals surface area contributed by atoms with Crippen LogP contribution < -0.4 is 0 Å². The molecular formula is C33H55NO9. The van der Waals surface area contributed by atoms with Gasteiger partial charge in [0.05, 0.1) is 42.2 Å². The first-order chi connectivity index (χ1) is 20.0. The molecule has 0 aromatic carbocycles. The molecule has 246 valence electrons. The van der Waals surface area contributed by atoms with Gasteiger partial charge >= 0.3 is 5.97 Å². The lowest BCUT2D eigenvalue weighted by Gasteiger charge is -2.47. The summed E-state index contributed by atoms with van der Waals surface area (Å²) in [6.45, 7) is 19.9. The van der Waals surface area contributed by atoms with E-state index >= 15 is 0 Å². The molecule has 3 bridgehead atoms. The first-order valence-electron chi connectivity index (χ1n) is 16.0. The molecular weight excluding hydrogens is 554 g/mol. The van der Waals surface area contributed by atoms with Gasteiger partial charge in [-0.1, -0.05) is 27.4 Å². The Labute approximate surface area is 257 Å². The van der Waals surface area contributed by atoms with Gasteiger partial charge in [-0.3, -0.25) is 4.79 Å². The van der Waals surface area contributed by atoms with Crippen molar-refractivity contribution >= 4 is 5.97 Å². The SMILES string of the molecule is C=C(CC1=CC2(C)OC13O[C@](C)(C[C@H]3C)[C@H](O[C@@H]1O[C@H](C)C[C@H](N(C)C)[C@H]1O)[C@@H](C)[C@H](O)[C@@H](C)C(=O)O[C@@H]2CC)OCC. The predicted octanol–water partition coefficient (Wildman–Crippen LogP) is 3.93. The number of aliphatic hydroxyl groups excluding tert-OH is 2. The molecule has 0 aromatic rings. The van der Waals surface area contributed by atoms with Crippen molar-refractivity contribution in [3.8, 4) is 0 Å². The Morgan fingerprint density at radius 2 is 1.79 bits per heavy atom. The molecule has 4 rings (SSSR count). The van der Waals surface area contributed by atoms with Crippen LogP contribution in [0.1, 0.15) is 81.1 Å². The molecule has 4 aliphatic heterocycles. The van der Waals surface area contributed by atoms with E-state index in [1.807, 2.05) is 66.6 Å². The first-order valence-corrected chi connectivity index (χ1v) is 16.0. The first kappa shape index (κ1) is 34.3. The van der Waals surface area contributed by atoms with Crippen LogP contribution in [0.15, 0.2) is 24.0 Å². The van der Waals surface area contributed by atoms with Crippen LogP contribution in [-0.4, -0.2) is 102 Å². The number of nitrogens with zero attached hydrogens (tertiary/aromatic N) is 1. The van der Waals surface area contributed by atoms with Crippen molar-refractivity contribution < 1.29 is 43.4 Å². The molecule has 43 heavy (non-hydrogen) atoms. The summed E-state index contributed by atoms with van der Waals surface area (Å²) in [5, 5.41) is 23.0. The van der Waals surface area contributed by atoms with Gasteiger partial charge in [0.2, 0.25) is 0 Å². The molecule has 4 aliphatic rings. The topological polar surface area (TPSA) is 116 Å². The second kappa shape index (κ2) is 12.7. The summed E-state index contributed by atoms with van der Waals surface area (Å²) in [7, 11) is 3.85. The predicted molar refractivity (Wildman–Crippen MR) is 161 cm³/mol. The summed E-state index contributed by atoms with van der Waals surface area (Å²) in [5.74, 6) is -2.68. The highest BCUT2D eigenvalue weighted by Crippen LogP contribution is 2.57. The molecule has 0 aliphatic carbocycles. The summed E-state index contributed by atoms with van der Waals surface area (Å²) < 4.78 is 38.8. The molecule has 0 saturated carbocycles. The quantitative estimate of drug-likeness (QED) is 0.238. The zero-order valence-electron chi connectivity index (χ0n) is 27.8. The van der Waals surface area contributed by atoms with Crippen molar-refractivity contribution in [1.29, 1.82) is 0 Å². The molecule has 13 atom stereocenters. The number of hydrogen-bond acceptors (Lipinski definition) is 10. The van der Waals surface area contributed by atoms with Crippen LogP contribution in [0.25, 0.3) is 0 Å². The smallest absolute Gasteiger partial charge is 0.311 e. The van der Waals surface area contributed by atoms with E-state index in [4.69, 9.17) is 28.4 Å². The van der Waals surface area contributed by atoms with E-state index in [1.54, 1.807) is 6.92 Å². The Hall–Kier alpha value is -1.53. The molecule has 1 spiro atoms. The van der Waals surface area contributed by atoms with Gasteiger partial charge in [-0.15, -0.1) is 0 Å². The van der Waals surface area contributed by atoms with Gasteiger partial charge in [-0.05, 0) is 79.6 Å². The average molecular weight is 610 g/mol. The second-order valence-electron chi connectivity index (χ2n) is 13.9. The molecule has 0 aromatic heterocycles. The summed E-state index contributed by atoms with van der Waals surface area (Å²) >= 11 is 0. The van der Waals surface area contributed by atoms with Crippen LogP contribution in [0.3, 0.4) is 0 Å². The minimum absolute atomic E-state index is 0.146. The van der Waals surface area contributed by atoms with Crippen molar-refractivity contribution in [2.24, 2.45) is 17.8 Å². The minimum Gasteiger partial charge on any atom is -0.499 e. The molecule has 2 N–H and O–H groups in total. The molecule has 10 nitrogen and oxygen atoms in total. The lowest BCUT2D eigenvalue weighted by Crippen LogP contribution is -2.59. The highest BCUT2D eigenvalue weighted by Gasteiger charge is 2.65. The number of rotatable bonds is 8. The zero-order chi connectivity index (χ0) is 32.1. The number of carbonyl (C=O) groups excluding carboxylic acids is 1. The number of hydrogen-bond donors (Lipinski definition) is 2. The Balaban J connectivity index is 1.81. The van der Waals surface area contributed by atoms with Crippen molar-refractivity contribution in [2.75, 3.05) is 20.7 Å². The van der Waals surface area contributed by atoms with Crippen LogP contribution >= 0.6 is 0 Å². The van der Waals surface area contributed by atoms with Crippen LogP contribution in [0.4, 0.5) is 0 Å². The number of carbonyl (C=O) groups is 1.